The van der Waals surface area contributed by atoms with Crippen LogP contribution in [0.15, 0.2) is 27.3 Å². The predicted molar refractivity (Wildman–Crippen MR) is 77.0 cm³/mol. The molecule has 0 atom stereocenters. The number of nitrogens with zero attached hydrogens (tertiary/aromatic N) is 1. The monoisotopic (exact) mass is 291 g/mol. The zero-order chi connectivity index (χ0) is 14.1. The normalized spacial score (nSPS) is 14.9. The molecule has 0 aliphatic heterocycles. The Morgan fingerprint density at radius 1 is 1.50 bits per heavy atom. The van der Waals surface area contributed by atoms with Gasteiger partial charge in [-0.3, -0.25) is 4.90 Å². The summed E-state index contributed by atoms with van der Waals surface area (Å²) in [5.74, 6) is 0.300. The van der Waals surface area contributed by atoms with Crippen LogP contribution in [0.25, 0.3) is 0 Å². The van der Waals surface area contributed by atoms with E-state index >= 15 is 0 Å². The maximum absolute atomic E-state index is 11.1. The van der Waals surface area contributed by atoms with E-state index in [2.05, 4.69) is 21.7 Å². The van der Waals surface area contributed by atoms with Crippen LogP contribution < -0.4 is 0 Å². The average Bonchev–Trinajstić information content (AvgIpc) is 3.00. The highest BCUT2D eigenvalue weighted by molar-refractivity contribution is 7.07. The second-order valence-corrected chi connectivity index (χ2v) is 6.04. The van der Waals surface area contributed by atoms with Crippen LogP contribution in [0, 0.1) is 6.92 Å². The maximum Gasteiger partial charge on any atom is 0.339 e. The van der Waals surface area contributed by atoms with Gasteiger partial charge in [0.1, 0.15) is 17.1 Å². The first kappa shape index (κ1) is 13.4. The molecule has 1 saturated carbocycles. The van der Waals surface area contributed by atoms with E-state index in [0.717, 1.165) is 12.3 Å². The molecule has 0 unspecified atom stereocenters. The number of hydrogen-bond acceptors (Lipinski definition) is 4. The minimum absolute atomic E-state index is 0.270. The van der Waals surface area contributed by atoms with E-state index in [9.17, 15) is 4.79 Å². The molecule has 2 aromatic rings. The molecule has 0 radical (unpaired) electrons. The zero-order valence-corrected chi connectivity index (χ0v) is 12.2. The van der Waals surface area contributed by atoms with Crippen LogP contribution in [0.3, 0.4) is 0 Å². The van der Waals surface area contributed by atoms with Crippen molar-refractivity contribution in [3.63, 3.8) is 0 Å². The smallest absolute Gasteiger partial charge is 0.339 e. The molecule has 0 spiro atoms. The first-order valence-corrected chi connectivity index (χ1v) is 7.65. The van der Waals surface area contributed by atoms with Gasteiger partial charge in [-0.25, -0.2) is 4.79 Å². The Hall–Kier alpha value is -1.59. The molecule has 20 heavy (non-hydrogen) atoms. The first-order chi connectivity index (χ1) is 9.63. The number of aryl methyl sites for hydroxylation is 1. The van der Waals surface area contributed by atoms with Gasteiger partial charge in [-0.1, -0.05) is 0 Å². The Balaban J connectivity index is 1.73. The fourth-order valence-corrected chi connectivity index (χ4v) is 3.06. The van der Waals surface area contributed by atoms with Gasteiger partial charge in [0.2, 0.25) is 0 Å². The Labute approximate surface area is 121 Å². The Morgan fingerprint density at radius 2 is 2.30 bits per heavy atom. The van der Waals surface area contributed by atoms with Crippen LogP contribution >= 0.6 is 11.3 Å². The third-order valence-electron chi connectivity index (χ3n) is 3.59. The van der Waals surface area contributed by atoms with Crippen LogP contribution in [-0.4, -0.2) is 22.0 Å². The quantitative estimate of drug-likeness (QED) is 0.885. The Bertz CT molecular complexity index is 599. The van der Waals surface area contributed by atoms with Crippen molar-refractivity contribution in [1.29, 1.82) is 0 Å². The van der Waals surface area contributed by atoms with Gasteiger partial charge in [0.05, 0.1) is 6.54 Å². The number of carboxylic acids is 1. The van der Waals surface area contributed by atoms with Gasteiger partial charge < -0.3 is 9.52 Å². The van der Waals surface area contributed by atoms with E-state index in [1.807, 2.05) is 0 Å². The molecule has 0 amide bonds. The number of aromatic carboxylic acids is 1. The lowest BCUT2D eigenvalue weighted by molar-refractivity contribution is 0.0695. The topological polar surface area (TPSA) is 53.7 Å². The van der Waals surface area contributed by atoms with E-state index in [1.165, 1.54) is 18.4 Å². The van der Waals surface area contributed by atoms with Crippen molar-refractivity contribution in [3.05, 3.63) is 45.5 Å². The summed E-state index contributed by atoms with van der Waals surface area (Å²) in [6.07, 6.45) is 2.44. The third-order valence-corrected chi connectivity index (χ3v) is 4.32. The molecule has 1 aliphatic rings. The van der Waals surface area contributed by atoms with Crippen LogP contribution in [0.2, 0.25) is 0 Å². The van der Waals surface area contributed by atoms with Crippen molar-refractivity contribution in [2.75, 3.05) is 0 Å². The lowest BCUT2D eigenvalue weighted by Crippen LogP contribution is -2.24. The molecule has 106 valence electrons. The molecule has 4 nitrogen and oxygen atoms in total. The van der Waals surface area contributed by atoms with Crippen LogP contribution in [0.1, 0.15) is 40.3 Å². The standard InChI is InChI=1S/C15H17NO3S/c1-10-14(15(17)18)6-13(19-10)8-16(12-2-3-12)7-11-4-5-20-9-11/h4-6,9,12H,2-3,7-8H2,1H3,(H,17,18). The van der Waals surface area contributed by atoms with E-state index in [0.29, 0.717) is 18.3 Å². The molecular formula is C15H17NO3S. The van der Waals surface area contributed by atoms with Crippen molar-refractivity contribution >= 4 is 17.3 Å². The molecule has 2 aromatic heterocycles. The van der Waals surface area contributed by atoms with Gasteiger partial charge in [-0.15, -0.1) is 0 Å². The maximum atomic E-state index is 11.1. The van der Waals surface area contributed by atoms with Crippen LogP contribution in [-0.2, 0) is 13.1 Å². The molecule has 3 rings (SSSR count). The summed E-state index contributed by atoms with van der Waals surface area (Å²) in [4.78, 5) is 13.4. The Kier molecular flexibility index (Phi) is 3.63. The average molecular weight is 291 g/mol. The summed E-state index contributed by atoms with van der Waals surface area (Å²) < 4.78 is 5.58. The van der Waals surface area contributed by atoms with Crippen molar-refractivity contribution in [1.82, 2.24) is 4.90 Å². The molecule has 0 bridgehead atoms. The van der Waals surface area contributed by atoms with Crippen LogP contribution in [0.5, 0.6) is 0 Å². The van der Waals surface area contributed by atoms with E-state index in [1.54, 1.807) is 24.3 Å². The third kappa shape index (κ3) is 2.94. The van der Waals surface area contributed by atoms with Gasteiger partial charge >= 0.3 is 5.97 Å². The largest absolute Gasteiger partial charge is 0.478 e. The second kappa shape index (κ2) is 5.42. The van der Waals surface area contributed by atoms with Gasteiger partial charge in [-0.05, 0) is 48.2 Å². The summed E-state index contributed by atoms with van der Waals surface area (Å²) in [6, 6.07) is 4.39. The fourth-order valence-electron chi connectivity index (χ4n) is 2.41. The van der Waals surface area contributed by atoms with E-state index in [-0.39, 0.29) is 5.56 Å². The zero-order valence-electron chi connectivity index (χ0n) is 11.3. The molecule has 5 heteroatoms. The van der Waals surface area contributed by atoms with Gasteiger partial charge in [0, 0.05) is 12.6 Å². The molecule has 1 N–H and O–H groups in total. The number of carboxylic acid groups (broad SMARTS) is 1. The highest BCUT2D eigenvalue weighted by Crippen LogP contribution is 2.31. The van der Waals surface area contributed by atoms with E-state index in [4.69, 9.17) is 9.52 Å². The number of thiophene rings is 1. The van der Waals surface area contributed by atoms with Crippen molar-refractivity contribution in [2.24, 2.45) is 0 Å². The number of hydrogen-bond donors (Lipinski definition) is 1. The van der Waals surface area contributed by atoms with Crippen LogP contribution in [0.4, 0.5) is 0 Å². The summed E-state index contributed by atoms with van der Waals surface area (Å²) in [5, 5.41) is 13.3. The van der Waals surface area contributed by atoms with Gasteiger partial charge in [0.25, 0.3) is 0 Å². The summed E-state index contributed by atoms with van der Waals surface area (Å²) >= 11 is 1.70. The molecule has 0 aromatic carbocycles. The summed E-state index contributed by atoms with van der Waals surface area (Å²) in [6.45, 7) is 3.28. The second-order valence-electron chi connectivity index (χ2n) is 5.26. The summed E-state index contributed by atoms with van der Waals surface area (Å²) in [5.41, 5.74) is 1.58. The first-order valence-electron chi connectivity index (χ1n) is 6.71. The lowest BCUT2D eigenvalue weighted by atomic mass is 10.2. The number of rotatable bonds is 6. The minimum atomic E-state index is -0.923. The minimum Gasteiger partial charge on any atom is -0.478 e. The highest BCUT2D eigenvalue weighted by Gasteiger charge is 2.30. The van der Waals surface area contributed by atoms with Gasteiger partial charge in [0.15, 0.2) is 0 Å². The molecular weight excluding hydrogens is 274 g/mol. The SMILES string of the molecule is Cc1oc(CN(Cc2ccsc2)C2CC2)cc1C(=O)O. The molecule has 0 saturated heterocycles. The molecule has 2 heterocycles. The predicted octanol–water partition coefficient (Wildman–Crippen LogP) is 3.51. The van der Waals surface area contributed by atoms with Gasteiger partial charge in [-0.2, -0.15) is 11.3 Å². The summed E-state index contributed by atoms with van der Waals surface area (Å²) in [7, 11) is 0. The number of carbonyl (C=O) groups is 1. The van der Waals surface area contributed by atoms with Crippen molar-refractivity contribution < 1.29 is 14.3 Å². The van der Waals surface area contributed by atoms with Crippen molar-refractivity contribution in [3.8, 4) is 0 Å². The Morgan fingerprint density at radius 3 is 2.85 bits per heavy atom. The highest BCUT2D eigenvalue weighted by atomic mass is 32.1. The van der Waals surface area contributed by atoms with E-state index < -0.39 is 5.97 Å². The lowest BCUT2D eigenvalue weighted by Gasteiger charge is -2.20. The fraction of sp³-hybridized carbons (Fsp3) is 0.400. The molecule has 1 fully saturated rings. The number of furan rings is 1. The van der Waals surface area contributed by atoms with Crippen molar-refractivity contribution in [2.45, 2.75) is 38.9 Å². The molecule has 1 aliphatic carbocycles.